The fourth-order valence-corrected chi connectivity index (χ4v) is 5.14. The summed E-state index contributed by atoms with van der Waals surface area (Å²) in [5.74, 6) is 0.460. The Balaban J connectivity index is 1.23. The molecular weight excluding hydrogens is 396 g/mol. The highest BCUT2D eigenvalue weighted by atomic mass is 16.2. The van der Waals surface area contributed by atoms with Crippen LogP contribution in [-0.2, 0) is 9.59 Å². The van der Waals surface area contributed by atoms with Crippen molar-refractivity contribution in [2.24, 2.45) is 5.92 Å². The summed E-state index contributed by atoms with van der Waals surface area (Å²) in [4.78, 5) is 31.7. The largest absolute Gasteiger partial charge is 0.326 e. The first-order chi connectivity index (χ1) is 15.1. The van der Waals surface area contributed by atoms with Crippen LogP contribution < -0.4 is 4.90 Å². The first-order valence-corrected chi connectivity index (χ1v) is 10.7. The van der Waals surface area contributed by atoms with Gasteiger partial charge in [-0.2, -0.15) is 5.26 Å². The molecule has 10 nitrogen and oxygen atoms in total. The molecule has 0 unspecified atom stereocenters. The third-order valence-corrected chi connectivity index (χ3v) is 6.65. The lowest BCUT2D eigenvalue weighted by atomic mass is 10.1. The van der Waals surface area contributed by atoms with Gasteiger partial charge in [0.25, 0.3) is 0 Å². The van der Waals surface area contributed by atoms with E-state index in [1.54, 1.807) is 4.90 Å². The molecule has 3 aliphatic rings. The van der Waals surface area contributed by atoms with Crippen LogP contribution in [0.5, 0.6) is 0 Å². The Kier molecular flexibility index (Phi) is 4.90. The zero-order valence-corrected chi connectivity index (χ0v) is 17.3. The Labute approximate surface area is 179 Å². The maximum atomic E-state index is 13.1. The first kappa shape index (κ1) is 19.6. The molecule has 160 valence electrons. The molecule has 0 saturated carbocycles. The number of piperazine rings is 1. The number of hydrogen-bond donors (Lipinski definition) is 1. The van der Waals surface area contributed by atoms with E-state index in [4.69, 9.17) is 0 Å². The number of H-pyrrole nitrogens is 1. The van der Waals surface area contributed by atoms with Gasteiger partial charge in [-0.1, -0.05) is 6.92 Å². The van der Waals surface area contributed by atoms with Gasteiger partial charge in [0.15, 0.2) is 5.82 Å². The monoisotopic (exact) mass is 420 g/mol. The Bertz CT molecular complexity index is 1020. The van der Waals surface area contributed by atoms with Crippen LogP contribution in [0.25, 0.3) is 11.4 Å². The average Bonchev–Trinajstić information content (AvgIpc) is 3.57. The SMILES string of the molecule is C[C@@H](CN1C[C@@H]2C[C@H]1C(=O)N2c1ccc(-c2nnn[nH]2)cc1)C(=O)N1CCC[C@H]1C#N. The molecule has 1 aromatic heterocycles. The van der Waals surface area contributed by atoms with E-state index in [1.807, 2.05) is 36.1 Å². The van der Waals surface area contributed by atoms with Gasteiger partial charge in [-0.05, 0) is 54.0 Å². The molecule has 5 rings (SSSR count). The van der Waals surface area contributed by atoms with Crippen LogP contribution in [0.3, 0.4) is 0 Å². The predicted molar refractivity (Wildman–Crippen MR) is 110 cm³/mol. The predicted octanol–water partition coefficient (Wildman–Crippen LogP) is 0.807. The Morgan fingerprint density at radius 3 is 2.84 bits per heavy atom. The van der Waals surface area contributed by atoms with E-state index >= 15 is 0 Å². The van der Waals surface area contributed by atoms with E-state index in [9.17, 15) is 14.9 Å². The number of nitriles is 1. The normalized spacial score (nSPS) is 26.5. The minimum absolute atomic E-state index is 0.0219. The molecule has 2 amide bonds. The number of rotatable bonds is 5. The minimum Gasteiger partial charge on any atom is -0.326 e. The molecule has 0 aliphatic carbocycles. The van der Waals surface area contributed by atoms with Crippen LogP contribution in [0.4, 0.5) is 5.69 Å². The molecular formula is C21H24N8O2. The molecule has 4 atom stereocenters. The first-order valence-electron chi connectivity index (χ1n) is 10.7. The fraction of sp³-hybridized carbons (Fsp3) is 0.524. The van der Waals surface area contributed by atoms with E-state index < -0.39 is 0 Å². The lowest BCUT2D eigenvalue weighted by Gasteiger charge is -2.35. The quantitative estimate of drug-likeness (QED) is 0.759. The number of tetrazole rings is 1. The number of nitrogens with zero attached hydrogens (tertiary/aromatic N) is 7. The second-order valence-corrected chi connectivity index (χ2v) is 8.58. The van der Waals surface area contributed by atoms with E-state index in [0.29, 0.717) is 18.9 Å². The van der Waals surface area contributed by atoms with Gasteiger partial charge in [0.2, 0.25) is 11.8 Å². The smallest absolute Gasteiger partial charge is 0.244 e. The van der Waals surface area contributed by atoms with E-state index in [2.05, 4.69) is 31.6 Å². The number of aromatic amines is 1. The van der Waals surface area contributed by atoms with Crippen molar-refractivity contribution in [2.75, 3.05) is 24.5 Å². The Morgan fingerprint density at radius 1 is 1.35 bits per heavy atom. The maximum absolute atomic E-state index is 13.1. The van der Waals surface area contributed by atoms with E-state index in [1.165, 1.54) is 0 Å². The van der Waals surface area contributed by atoms with Crippen LogP contribution in [0, 0.1) is 17.2 Å². The third-order valence-electron chi connectivity index (χ3n) is 6.65. The van der Waals surface area contributed by atoms with Crippen molar-refractivity contribution >= 4 is 17.5 Å². The second-order valence-electron chi connectivity index (χ2n) is 8.58. The number of carbonyl (C=O) groups excluding carboxylic acids is 2. The number of likely N-dealkylation sites (tertiary alicyclic amines) is 2. The van der Waals surface area contributed by atoms with Crippen LogP contribution in [0.2, 0.25) is 0 Å². The molecule has 1 N–H and O–H groups in total. The van der Waals surface area contributed by atoms with Gasteiger partial charge >= 0.3 is 0 Å². The van der Waals surface area contributed by atoms with Gasteiger partial charge in [0.1, 0.15) is 6.04 Å². The zero-order valence-electron chi connectivity index (χ0n) is 17.3. The highest BCUT2D eigenvalue weighted by molar-refractivity contribution is 6.01. The molecule has 3 saturated heterocycles. The minimum atomic E-state index is -0.308. The van der Waals surface area contributed by atoms with Gasteiger partial charge in [0, 0.05) is 36.8 Å². The molecule has 3 aliphatic heterocycles. The number of benzene rings is 1. The molecule has 1 aromatic carbocycles. The number of amides is 2. The van der Waals surface area contributed by atoms with Crippen molar-refractivity contribution in [3.63, 3.8) is 0 Å². The summed E-state index contributed by atoms with van der Waals surface area (Å²) in [6.45, 7) is 3.86. The van der Waals surface area contributed by atoms with Crippen molar-refractivity contribution in [1.82, 2.24) is 30.4 Å². The van der Waals surface area contributed by atoms with Crippen LogP contribution in [0.15, 0.2) is 24.3 Å². The topological polar surface area (TPSA) is 122 Å². The summed E-state index contributed by atoms with van der Waals surface area (Å²) < 4.78 is 0. The summed E-state index contributed by atoms with van der Waals surface area (Å²) in [5.41, 5.74) is 1.73. The molecule has 2 bridgehead atoms. The number of fused-ring (bicyclic) bond motifs is 2. The van der Waals surface area contributed by atoms with Crippen molar-refractivity contribution in [2.45, 2.75) is 44.3 Å². The highest BCUT2D eigenvalue weighted by Gasteiger charge is 2.50. The van der Waals surface area contributed by atoms with Crippen LogP contribution in [-0.4, -0.2) is 80.0 Å². The van der Waals surface area contributed by atoms with Gasteiger partial charge < -0.3 is 9.80 Å². The molecule has 2 aromatic rings. The standard InChI is InChI=1S/C21H24N8O2/c1-13(20(30)28-8-2-3-16(28)10-22)11-27-12-17-9-18(27)21(31)29(17)15-6-4-14(5-7-15)19-23-25-26-24-19/h4-7,13,16-18H,2-3,8-9,11-12H2,1H3,(H,23,24,25,26)/t13-,16-,17-,18-/m0/s1. The van der Waals surface area contributed by atoms with Gasteiger partial charge in [-0.25, -0.2) is 5.10 Å². The number of nitrogens with one attached hydrogen (secondary N) is 1. The summed E-state index contributed by atoms with van der Waals surface area (Å²) in [6.07, 6.45) is 2.41. The Morgan fingerprint density at radius 2 is 2.16 bits per heavy atom. The van der Waals surface area contributed by atoms with Crippen LogP contribution in [0.1, 0.15) is 26.2 Å². The lowest BCUT2D eigenvalue weighted by Crippen LogP contribution is -2.52. The van der Waals surface area contributed by atoms with Crippen LogP contribution >= 0.6 is 0 Å². The summed E-state index contributed by atoms with van der Waals surface area (Å²) in [6, 6.07) is 9.48. The number of anilines is 1. The fourth-order valence-electron chi connectivity index (χ4n) is 5.14. The van der Waals surface area contributed by atoms with Crippen molar-refractivity contribution in [1.29, 1.82) is 5.26 Å². The lowest BCUT2D eigenvalue weighted by molar-refractivity contribution is -0.136. The average molecular weight is 420 g/mol. The third kappa shape index (κ3) is 3.35. The second kappa shape index (κ2) is 7.74. The molecule has 10 heteroatoms. The number of aromatic nitrogens is 4. The molecule has 0 spiro atoms. The molecule has 31 heavy (non-hydrogen) atoms. The van der Waals surface area contributed by atoms with E-state index in [0.717, 1.165) is 37.1 Å². The van der Waals surface area contributed by atoms with Crippen molar-refractivity contribution in [3.05, 3.63) is 24.3 Å². The molecule has 3 fully saturated rings. The Hall–Kier alpha value is -3.32. The van der Waals surface area contributed by atoms with E-state index in [-0.39, 0.29) is 35.9 Å². The van der Waals surface area contributed by atoms with Gasteiger partial charge in [-0.15, -0.1) is 5.10 Å². The molecule has 4 heterocycles. The highest BCUT2D eigenvalue weighted by Crippen LogP contribution is 2.36. The van der Waals surface area contributed by atoms with Crippen molar-refractivity contribution < 1.29 is 9.59 Å². The van der Waals surface area contributed by atoms with Gasteiger partial charge in [-0.3, -0.25) is 14.5 Å². The van der Waals surface area contributed by atoms with Crippen molar-refractivity contribution in [3.8, 4) is 17.5 Å². The molecule has 0 radical (unpaired) electrons. The summed E-state index contributed by atoms with van der Waals surface area (Å²) in [5, 5.41) is 23.1. The number of hydrogen-bond acceptors (Lipinski definition) is 7. The maximum Gasteiger partial charge on any atom is 0.244 e. The zero-order chi connectivity index (χ0) is 21.5. The summed E-state index contributed by atoms with van der Waals surface area (Å²) in [7, 11) is 0. The summed E-state index contributed by atoms with van der Waals surface area (Å²) >= 11 is 0. The van der Waals surface area contributed by atoms with Gasteiger partial charge in [0.05, 0.1) is 18.2 Å². The number of carbonyl (C=O) groups is 2.